The van der Waals surface area contributed by atoms with Crippen LogP contribution in [0.2, 0.25) is 0 Å². The molecule has 2 amide bonds. The molecule has 124 valence electrons. The Bertz CT molecular complexity index is 631. The number of carbonyl (C=O) groups excluding carboxylic acids is 2. The maximum absolute atomic E-state index is 11.7. The predicted molar refractivity (Wildman–Crippen MR) is 86.7 cm³/mol. The first-order valence-corrected chi connectivity index (χ1v) is 8.10. The van der Waals surface area contributed by atoms with Crippen molar-refractivity contribution in [2.45, 2.75) is 51.4 Å². The summed E-state index contributed by atoms with van der Waals surface area (Å²) < 4.78 is 6.27. The fourth-order valence-electron chi connectivity index (χ4n) is 3.54. The van der Waals surface area contributed by atoms with Crippen molar-refractivity contribution >= 4 is 11.8 Å². The van der Waals surface area contributed by atoms with Gasteiger partial charge in [0, 0.05) is 26.9 Å². The lowest BCUT2D eigenvalue weighted by Crippen LogP contribution is -2.77. The van der Waals surface area contributed by atoms with Crippen molar-refractivity contribution in [3.05, 3.63) is 35.4 Å². The number of hydrogen-bond acceptors (Lipinski definition) is 3. The van der Waals surface area contributed by atoms with Crippen molar-refractivity contribution in [1.29, 1.82) is 0 Å². The third-order valence-corrected chi connectivity index (χ3v) is 4.96. The molecule has 1 aliphatic carbocycles. The van der Waals surface area contributed by atoms with Gasteiger partial charge in [-0.15, -0.1) is 0 Å². The first-order valence-electron chi connectivity index (χ1n) is 8.10. The summed E-state index contributed by atoms with van der Waals surface area (Å²) in [5.41, 5.74) is 1.57. The molecule has 5 heteroatoms. The number of likely N-dealkylation sites (tertiary alicyclic amines) is 1. The topological polar surface area (TPSA) is 58.6 Å². The number of rotatable bonds is 5. The molecule has 1 aromatic carbocycles. The Hall–Kier alpha value is -1.88. The number of ether oxygens (including phenoxy) is 1. The van der Waals surface area contributed by atoms with Gasteiger partial charge >= 0.3 is 0 Å². The van der Waals surface area contributed by atoms with Gasteiger partial charge in [0.25, 0.3) is 0 Å². The maximum atomic E-state index is 11.7. The third kappa shape index (κ3) is 2.98. The fourth-order valence-corrected chi connectivity index (χ4v) is 3.54. The molecule has 0 spiro atoms. The summed E-state index contributed by atoms with van der Waals surface area (Å²) in [6, 6.07) is 8.25. The second-order valence-corrected chi connectivity index (χ2v) is 6.91. The van der Waals surface area contributed by atoms with Crippen LogP contribution in [0.3, 0.4) is 0 Å². The van der Waals surface area contributed by atoms with Gasteiger partial charge in [0.1, 0.15) is 5.54 Å². The molecule has 1 aromatic rings. The van der Waals surface area contributed by atoms with Crippen molar-refractivity contribution in [2.75, 3.05) is 13.1 Å². The Balaban J connectivity index is 1.71. The summed E-state index contributed by atoms with van der Waals surface area (Å²) >= 11 is 0. The molecule has 2 aliphatic rings. The molecule has 0 bridgehead atoms. The van der Waals surface area contributed by atoms with Gasteiger partial charge in [-0.1, -0.05) is 29.8 Å². The summed E-state index contributed by atoms with van der Waals surface area (Å²) in [6.45, 7) is 6.75. The first kappa shape index (κ1) is 16.0. The van der Waals surface area contributed by atoms with Gasteiger partial charge < -0.3 is 15.0 Å². The van der Waals surface area contributed by atoms with E-state index in [0.717, 1.165) is 18.4 Å². The molecule has 2 fully saturated rings. The van der Waals surface area contributed by atoms with Gasteiger partial charge in [0.2, 0.25) is 11.8 Å². The van der Waals surface area contributed by atoms with Crippen LogP contribution < -0.4 is 5.32 Å². The molecule has 1 aliphatic heterocycles. The van der Waals surface area contributed by atoms with E-state index >= 15 is 0 Å². The highest BCUT2D eigenvalue weighted by Gasteiger charge is 2.66. The van der Waals surface area contributed by atoms with Crippen LogP contribution in [-0.2, 0) is 20.9 Å². The molecule has 0 radical (unpaired) electrons. The van der Waals surface area contributed by atoms with Gasteiger partial charge in [-0.2, -0.15) is 0 Å². The van der Waals surface area contributed by atoms with Gasteiger partial charge in [-0.05, 0) is 25.3 Å². The van der Waals surface area contributed by atoms with Crippen LogP contribution in [0.15, 0.2) is 24.3 Å². The lowest BCUT2D eigenvalue weighted by molar-refractivity contribution is -0.155. The number of amides is 2. The third-order valence-electron chi connectivity index (χ3n) is 4.96. The van der Waals surface area contributed by atoms with Crippen LogP contribution in [0.4, 0.5) is 0 Å². The van der Waals surface area contributed by atoms with E-state index in [9.17, 15) is 9.59 Å². The van der Waals surface area contributed by atoms with Crippen LogP contribution in [0.25, 0.3) is 0 Å². The summed E-state index contributed by atoms with van der Waals surface area (Å²) in [6.07, 6.45) is 1.84. The molecule has 0 atom stereocenters. The van der Waals surface area contributed by atoms with Gasteiger partial charge in [0.15, 0.2) is 0 Å². The second kappa shape index (κ2) is 5.64. The number of carbonyl (C=O) groups is 2. The summed E-state index contributed by atoms with van der Waals surface area (Å²) in [4.78, 5) is 24.9. The molecular formula is C18H24N2O3. The number of benzene rings is 1. The SMILES string of the molecule is CC(=O)NC1(C2(OCc3cccc(C)c3)CC2)CN(C(C)=O)C1. The molecule has 5 nitrogen and oxygen atoms in total. The minimum Gasteiger partial charge on any atom is -0.368 e. The Kier molecular flexibility index (Phi) is 3.92. The Morgan fingerprint density at radius 3 is 2.48 bits per heavy atom. The lowest BCUT2D eigenvalue weighted by atomic mass is 9.81. The zero-order chi connectivity index (χ0) is 16.7. The largest absolute Gasteiger partial charge is 0.368 e. The van der Waals surface area contributed by atoms with E-state index in [2.05, 4.69) is 30.4 Å². The fraction of sp³-hybridized carbons (Fsp3) is 0.556. The van der Waals surface area contributed by atoms with Crippen LogP contribution >= 0.6 is 0 Å². The molecular weight excluding hydrogens is 292 g/mol. The van der Waals surface area contributed by atoms with Crippen molar-refractivity contribution in [3.63, 3.8) is 0 Å². The average molecular weight is 316 g/mol. The van der Waals surface area contributed by atoms with Crippen molar-refractivity contribution in [2.24, 2.45) is 0 Å². The standard InChI is InChI=1S/C18H24N2O3/c1-13-5-4-6-16(9-13)10-23-18(7-8-18)17(19-14(2)21)11-20(12-17)15(3)22/h4-6,9H,7-8,10-12H2,1-3H3,(H,19,21). The second-order valence-electron chi connectivity index (χ2n) is 6.91. The number of nitrogens with zero attached hydrogens (tertiary/aromatic N) is 1. The molecule has 0 aromatic heterocycles. The van der Waals surface area contributed by atoms with Gasteiger partial charge in [-0.25, -0.2) is 0 Å². The molecule has 23 heavy (non-hydrogen) atoms. The van der Waals surface area contributed by atoms with E-state index in [1.807, 2.05) is 6.07 Å². The minimum absolute atomic E-state index is 0.0421. The number of nitrogens with one attached hydrogen (secondary N) is 1. The molecule has 3 rings (SSSR count). The summed E-state index contributed by atoms with van der Waals surface area (Å²) in [7, 11) is 0. The van der Waals surface area contributed by atoms with Crippen LogP contribution in [0.1, 0.15) is 37.8 Å². The smallest absolute Gasteiger partial charge is 0.219 e. The molecule has 0 unspecified atom stereocenters. The highest BCUT2D eigenvalue weighted by molar-refractivity contribution is 5.78. The van der Waals surface area contributed by atoms with Gasteiger partial charge in [0.05, 0.1) is 12.2 Å². The Morgan fingerprint density at radius 2 is 1.96 bits per heavy atom. The van der Waals surface area contributed by atoms with E-state index < -0.39 is 5.54 Å². The zero-order valence-corrected chi connectivity index (χ0v) is 14.0. The summed E-state index contributed by atoms with van der Waals surface area (Å²) in [5.74, 6) is -0.0286. The molecule has 1 saturated carbocycles. The average Bonchev–Trinajstić information content (AvgIpc) is 3.21. The van der Waals surface area contributed by atoms with E-state index in [0.29, 0.717) is 19.7 Å². The van der Waals surface area contributed by atoms with Gasteiger partial charge in [-0.3, -0.25) is 9.59 Å². The molecule has 1 N–H and O–H groups in total. The quantitative estimate of drug-likeness (QED) is 0.901. The first-order chi connectivity index (χ1) is 10.9. The van der Waals surface area contributed by atoms with Crippen LogP contribution in [0.5, 0.6) is 0 Å². The van der Waals surface area contributed by atoms with E-state index in [1.54, 1.807) is 11.8 Å². The van der Waals surface area contributed by atoms with E-state index in [-0.39, 0.29) is 17.4 Å². The van der Waals surface area contributed by atoms with E-state index in [1.165, 1.54) is 12.5 Å². The van der Waals surface area contributed by atoms with Crippen LogP contribution in [-0.4, -0.2) is 40.9 Å². The highest BCUT2D eigenvalue weighted by atomic mass is 16.5. The predicted octanol–water partition coefficient (Wildman–Crippen LogP) is 1.78. The maximum Gasteiger partial charge on any atom is 0.219 e. The van der Waals surface area contributed by atoms with Crippen LogP contribution in [0, 0.1) is 6.92 Å². The Morgan fingerprint density at radius 1 is 1.26 bits per heavy atom. The molecule has 1 heterocycles. The lowest BCUT2D eigenvalue weighted by Gasteiger charge is -2.54. The minimum atomic E-state index is -0.436. The number of aryl methyl sites for hydroxylation is 1. The normalized spacial score (nSPS) is 20.6. The molecule has 1 saturated heterocycles. The summed E-state index contributed by atoms with van der Waals surface area (Å²) in [5, 5.41) is 3.07. The monoisotopic (exact) mass is 316 g/mol. The zero-order valence-electron chi connectivity index (χ0n) is 14.0. The van der Waals surface area contributed by atoms with Crippen molar-refractivity contribution in [1.82, 2.24) is 10.2 Å². The van der Waals surface area contributed by atoms with Crippen molar-refractivity contribution < 1.29 is 14.3 Å². The van der Waals surface area contributed by atoms with Crippen molar-refractivity contribution in [3.8, 4) is 0 Å². The Labute approximate surface area is 137 Å². The number of hydrogen-bond donors (Lipinski definition) is 1. The van der Waals surface area contributed by atoms with E-state index in [4.69, 9.17) is 4.74 Å². The highest BCUT2D eigenvalue weighted by Crippen LogP contribution is 2.52.